The molecule has 2 amide bonds. The summed E-state index contributed by atoms with van der Waals surface area (Å²) in [5.74, 6) is 0.372. The third-order valence-corrected chi connectivity index (χ3v) is 2.79. The van der Waals surface area contributed by atoms with Crippen LogP contribution in [0.1, 0.15) is 5.56 Å². The standard InChI is InChI=1S/C13H14N2O3/c1-15-11(13(17)14-8-12(15)16)7-9-3-5-10(18-2)6-4-9/h3-7H,8H2,1-2H3,(H,14,17). The highest BCUT2D eigenvalue weighted by Crippen LogP contribution is 2.16. The van der Waals surface area contributed by atoms with Crippen LogP contribution < -0.4 is 10.1 Å². The number of amides is 2. The number of nitrogens with zero attached hydrogens (tertiary/aromatic N) is 1. The van der Waals surface area contributed by atoms with E-state index >= 15 is 0 Å². The normalized spacial score (nSPS) is 17.9. The van der Waals surface area contributed by atoms with Crippen LogP contribution in [0.15, 0.2) is 30.0 Å². The maximum absolute atomic E-state index is 11.7. The molecule has 1 aliphatic heterocycles. The maximum atomic E-state index is 11.7. The van der Waals surface area contributed by atoms with Gasteiger partial charge in [-0.1, -0.05) is 12.1 Å². The molecular weight excluding hydrogens is 232 g/mol. The number of methoxy groups -OCH3 is 1. The average Bonchev–Trinajstić information content (AvgIpc) is 2.40. The highest BCUT2D eigenvalue weighted by Gasteiger charge is 2.25. The Morgan fingerprint density at radius 1 is 1.28 bits per heavy atom. The molecule has 18 heavy (non-hydrogen) atoms. The Balaban J connectivity index is 2.29. The summed E-state index contributed by atoms with van der Waals surface area (Å²) in [6.45, 7) is 0.0509. The largest absolute Gasteiger partial charge is 0.497 e. The number of likely N-dealkylation sites (N-methyl/N-ethyl adjacent to an activating group) is 1. The van der Waals surface area contributed by atoms with Gasteiger partial charge in [-0.3, -0.25) is 9.59 Å². The van der Waals surface area contributed by atoms with E-state index in [9.17, 15) is 9.59 Å². The van der Waals surface area contributed by atoms with E-state index in [2.05, 4.69) is 5.32 Å². The number of benzene rings is 1. The summed E-state index contributed by atoms with van der Waals surface area (Å²) >= 11 is 0. The van der Waals surface area contributed by atoms with Crippen molar-refractivity contribution in [3.63, 3.8) is 0 Å². The van der Waals surface area contributed by atoms with Gasteiger partial charge in [0.15, 0.2) is 0 Å². The third kappa shape index (κ3) is 2.34. The Hall–Kier alpha value is -2.30. The molecule has 5 nitrogen and oxygen atoms in total. The fourth-order valence-corrected chi connectivity index (χ4v) is 1.67. The van der Waals surface area contributed by atoms with E-state index in [1.165, 1.54) is 4.90 Å². The molecule has 1 aromatic rings. The van der Waals surface area contributed by atoms with Crippen molar-refractivity contribution in [3.05, 3.63) is 35.5 Å². The molecule has 1 fully saturated rings. The van der Waals surface area contributed by atoms with E-state index in [0.717, 1.165) is 11.3 Å². The van der Waals surface area contributed by atoms with E-state index in [4.69, 9.17) is 4.74 Å². The van der Waals surface area contributed by atoms with Crippen LogP contribution in [0.25, 0.3) is 6.08 Å². The second-order valence-corrected chi connectivity index (χ2v) is 3.94. The van der Waals surface area contributed by atoms with Crippen molar-refractivity contribution < 1.29 is 14.3 Å². The predicted octanol–water partition coefficient (Wildman–Crippen LogP) is 0.624. The van der Waals surface area contributed by atoms with Crippen molar-refractivity contribution in [1.82, 2.24) is 10.2 Å². The molecule has 0 radical (unpaired) electrons. The molecule has 94 valence electrons. The second kappa shape index (κ2) is 4.91. The van der Waals surface area contributed by atoms with Crippen LogP contribution >= 0.6 is 0 Å². The first-order valence-electron chi connectivity index (χ1n) is 5.52. The van der Waals surface area contributed by atoms with Gasteiger partial charge in [0.25, 0.3) is 5.91 Å². The molecule has 0 aliphatic carbocycles. The zero-order chi connectivity index (χ0) is 13.1. The lowest BCUT2D eigenvalue weighted by molar-refractivity contribution is -0.135. The van der Waals surface area contributed by atoms with Crippen molar-refractivity contribution in [2.24, 2.45) is 0 Å². The van der Waals surface area contributed by atoms with Crippen LogP contribution in [0.5, 0.6) is 5.75 Å². The molecule has 1 aromatic carbocycles. The lowest BCUT2D eigenvalue weighted by Gasteiger charge is -2.25. The van der Waals surface area contributed by atoms with Gasteiger partial charge in [-0.15, -0.1) is 0 Å². The van der Waals surface area contributed by atoms with E-state index in [0.29, 0.717) is 5.70 Å². The Morgan fingerprint density at radius 2 is 1.94 bits per heavy atom. The summed E-state index contributed by atoms with van der Waals surface area (Å²) < 4.78 is 5.05. The Bertz CT molecular complexity index is 505. The van der Waals surface area contributed by atoms with Crippen molar-refractivity contribution in [3.8, 4) is 5.75 Å². The molecule has 0 spiro atoms. The van der Waals surface area contributed by atoms with Gasteiger partial charge in [-0.05, 0) is 23.8 Å². The minimum Gasteiger partial charge on any atom is -0.497 e. The Kier molecular flexibility index (Phi) is 3.32. The number of carbonyl (C=O) groups is 2. The smallest absolute Gasteiger partial charge is 0.268 e. The molecule has 0 saturated carbocycles. The Morgan fingerprint density at radius 3 is 2.56 bits per heavy atom. The topological polar surface area (TPSA) is 58.6 Å². The molecule has 0 aromatic heterocycles. The first kappa shape index (κ1) is 12.2. The van der Waals surface area contributed by atoms with E-state index < -0.39 is 0 Å². The van der Waals surface area contributed by atoms with Gasteiger partial charge >= 0.3 is 0 Å². The number of hydrogen-bond donors (Lipinski definition) is 1. The van der Waals surface area contributed by atoms with Gasteiger partial charge in [0.05, 0.1) is 13.7 Å². The summed E-state index contributed by atoms with van der Waals surface area (Å²) in [5.41, 5.74) is 1.18. The van der Waals surface area contributed by atoms with Crippen molar-refractivity contribution in [2.45, 2.75) is 0 Å². The average molecular weight is 246 g/mol. The van der Waals surface area contributed by atoms with Crippen LogP contribution in [0, 0.1) is 0 Å². The van der Waals surface area contributed by atoms with E-state index in [-0.39, 0.29) is 18.4 Å². The molecular formula is C13H14N2O3. The second-order valence-electron chi connectivity index (χ2n) is 3.94. The first-order chi connectivity index (χ1) is 8.61. The SMILES string of the molecule is COc1ccc(C=C2C(=O)NCC(=O)N2C)cc1. The third-order valence-electron chi connectivity index (χ3n) is 2.79. The molecule has 1 N–H and O–H groups in total. The number of nitrogens with one attached hydrogen (secondary N) is 1. The van der Waals surface area contributed by atoms with Crippen LogP contribution in [0.3, 0.4) is 0 Å². The minimum atomic E-state index is -0.243. The van der Waals surface area contributed by atoms with Gasteiger partial charge < -0.3 is 15.0 Å². The zero-order valence-corrected chi connectivity index (χ0v) is 10.3. The molecule has 1 heterocycles. The molecule has 1 aliphatic rings. The van der Waals surface area contributed by atoms with Gasteiger partial charge in [-0.2, -0.15) is 0 Å². The Labute approximate surface area is 105 Å². The number of rotatable bonds is 2. The minimum absolute atomic E-state index is 0.0509. The summed E-state index contributed by atoms with van der Waals surface area (Å²) in [5, 5.41) is 2.53. The first-order valence-corrected chi connectivity index (χ1v) is 5.52. The number of carbonyl (C=O) groups excluding carboxylic acids is 2. The highest BCUT2D eigenvalue weighted by molar-refractivity contribution is 6.05. The van der Waals surface area contributed by atoms with E-state index in [1.54, 1.807) is 32.4 Å². The van der Waals surface area contributed by atoms with Gasteiger partial charge in [0.1, 0.15) is 11.4 Å². The number of ether oxygens (including phenoxy) is 1. The number of piperazine rings is 1. The highest BCUT2D eigenvalue weighted by atomic mass is 16.5. The summed E-state index contributed by atoms with van der Waals surface area (Å²) in [6.07, 6.45) is 1.67. The van der Waals surface area contributed by atoms with Gasteiger partial charge in [0.2, 0.25) is 5.91 Å². The van der Waals surface area contributed by atoms with Crippen molar-refractivity contribution in [1.29, 1.82) is 0 Å². The van der Waals surface area contributed by atoms with Crippen molar-refractivity contribution >= 4 is 17.9 Å². The molecule has 0 atom stereocenters. The van der Waals surface area contributed by atoms with Gasteiger partial charge in [-0.25, -0.2) is 0 Å². The van der Waals surface area contributed by atoms with Gasteiger partial charge in [0, 0.05) is 7.05 Å². The van der Waals surface area contributed by atoms with Crippen LogP contribution in [-0.2, 0) is 9.59 Å². The zero-order valence-electron chi connectivity index (χ0n) is 10.3. The van der Waals surface area contributed by atoms with Crippen LogP contribution in [0.4, 0.5) is 0 Å². The lowest BCUT2D eigenvalue weighted by atomic mass is 10.1. The monoisotopic (exact) mass is 246 g/mol. The fraction of sp³-hybridized carbons (Fsp3) is 0.231. The lowest BCUT2D eigenvalue weighted by Crippen LogP contribution is -2.47. The van der Waals surface area contributed by atoms with Crippen LogP contribution in [-0.4, -0.2) is 37.4 Å². The van der Waals surface area contributed by atoms with E-state index in [1.807, 2.05) is 12.1 Å². The molecule has 5 heteroatoms. The number of hydrogen-bond acceptors (Lipinski definition) is 3. The predicted molar refractivity (Wildman–Crippen MR) is 66.8 cm³/mol. The summed E-state index contributed by atoms with van der Waals surface area (Å²) in [4.78, 5) is 24.5. The molecule has 2 rings (SSSR count). The molecule has 0 unspecified atom stereocenters. The maximum Gasteiger partial charge on any atom is 0.268 e. The van der Waals surface area contributed by atoms with Crippen molar-refractivity contribution in [2.75, 3.05) is 20.7 Å². The van der Waals surface area contributed by atoms with Crippen LogP contribution in [0.2, 0.25) is 0 Å². The summed E-state index contributed by atoms with van der Waals surface area (Å²) in [7, 11) is 3.19. The summed E-state index contributed by atoms with van der Waals surface area (Å²) in [6, 6.07) is 7.25. The molecule has 1 saturated heterocycles. The molecule has 0 bridgehead atoms. The fourth-order valence-electron chi connectivity index (χ4n) is 1.67. The quantitative estimate of drug-likeness (QED) is 0.778.